The molecule has 1 saturated heterocycles. The van der Waals surface area contributed by atoms with Crippen LogP contribution in [0, 0.1) is 13.8 Å². The van der Waals surface area contributed by atoms with E-state index in [-0.39, 0.29) is 0 Å². The van der Waals surface area contributed by atoms with Gasteiger partial charge in [0.05, 0.1) is 6.67 Å². The lowest BCUT2D eigenvalue weighted by Gasteiger charge is -2.19. The molecular formula is C13H20N2. The minimum Gasteiger partial charge on any atom is -0.372 e. The summed E-state index contributed by atoms with van der Waals surface area (Å²) in [5.74, 6) is 0. The van der Waals surface area contributed by atoms with Gasteiger partial charge in [-0.1, -0.05) is 18.2 Å². The van der Waals surface area contributed by atoms with E-state index in [0.717, 1.165) is 6.67 Å². The summed E-state index contributed by atoms with van der Waals surface area (Å²) in [7, 11) is 0. The van der Waals surface area contributed by atoms with E-state index in [1.165, 1.54) is 42.7 Å². The number of anilines is 1. The summed E-state index contributed by atoms with van der Waals surface area (Å²) in [5.41, 5.74) is 3.99. The van der Waals surface area contributed by atoms with Gasteiger partial charge in [-0.25, -0.2) is 0 Å². The zero-order valence-electron chi connectivity index (χ0n) is 9.71. The van der Waals surface area contributed by atoms with Crippen molar-refractivity contribution in [2.24, 2.45) is 0 Å². The summed E-state index contributed by atoms with van der Waals surface area (Å²) >= 11 is 0. The minimum absolute atomic E-state index is 0.992. The molecule has 0 bridgehead atoms. The fourth-order valence-corrected chi connectivity index (χ4v) is 2.22. The van der Waals surface area contributed by atoms with Crippen molar-refractivity contribution in [1.82, 2.24) is 4.90 Å². The Bertz CT molecular complexity index is 307. The Balaban J connectivity index is 1.97. The topological polar surface area (TPSA) is 15.3 Å². The van der Waals surface area contributed by atoms with Crippen LogP contribution in [0.2, 0.25) is 0 Å². The third-order valence-electron chi connectivity index (χ3n) is 3.16. The van der Waals surface area contributed by atoms with Crippen LogP contribution in [0.3, 0.4) is 0 Å². The second-order valence-corrected chi connectivity index (χ2v) is 4.43. The van der Waals surface area contributed by atoms with E-state index in [1.54, 1.807) is 0 Å². The van der Waals surface area contributed by atoms with Gasteiger partial charge in [-0.3, -0.25) is 4.90 Å². The highest BCUT2D eigenvalue weighted by Gasteiger charge is 2.11. The van der Waals surface area contributed by atoms with Crippen molar-refractivity contribution in [2.75, 3.05) is 25.1 Å². The maximum atomic E-state index is 3.55. The fourth-order valence-electron chi connectivity index (χ4n) is 2.22. The predicted octanol–water partition coefficient (Wildman–Crippen LogP) is 2.77. The zero-order valence-corrected chi connectivity index (χ0v) is 9.71. The van der Waals surface area contributed by atoms with Gasteiger partial charge in [0.1, 0.15) is 0 Å². The van der Waals surface area contributed by atoms with Gasteiger partial charge in [0, 0.05) is 5.69 Å². The highest BCUT2D eigenvalue weighted by Crippen LogP contribution is 2.19. The molecule has 1 heterocycles. The van der Waals surface area contributed by atoms with Crippen LogP contribution in [0.4, 0.5) is 5.69 Å². The van der Waals surface area contributed by atoms with Crippen LogP contribution in [0.5, 0.6) is 0 Å². The second-order valence-electron chi connectivity index (χ2n) is 4.43. The Morgan fingerprint density at radius 2 is 1.73 bits per heavy atom. The first-order valence-electron chi connectivity index (χ1n) is 5.80. The molecule has 0 aliphatic carbocycles. The molecule has 0 unspecified atom stereocenters. The standard InChI is InChI=1S/C13H20N2/c1-11-6-5-7-12(2)13(11)14-10-15-8-3-4-9-15/h5-7,14H,3-4,8-10H2,1-2H3. The summed E-state index contributed by atoms with van der Waals surface area (Å²) in [6.45, 7) is 7.82. The Hall–Kier alpha value is -1.02. The molecule has 1 aliphatic heterocycles. The summed E-state index contributed by atoms with van der Waals surface area (Å²) in [6, 6.07) is 6.45. The molecule has 15 heavy (non-hydrogen) atoms. The van der Waals surface area contributed by atoms with Crippen molar-refractivity contribution in [1.29, 1.82) is 0 Å². The van der Waals surface area contributed by atoms with E-state index in [2.05, 4.69) is 42.3 Å². The molecule has 2 heteroatoms. The molecule has 0 amide bonds. The van der Waals surface area contributed by atoms with E-state index >= 15 is 0 Å². The summed E-state index contributed by atoms with van der Waals surface area (Å²) in [6.07, 6.45) is 2.71. The molecule has 1 aliphatic rings. The van der Waals surface area contributed by atoms with Gasteiger partial charge in [-0.15, -0.1) is 0 Å². The lowest BCUT2D eigenvalue weighted by molar-refractivity contribution is 0.364. The van der Waals surface area contributed by atoms with Crippen molar-refractivity contribution in [3.8, 4) is 0 Å². The average Bonchev–Trinajstić information content (AvgIpc) is 2.70. The molecule has 2 rings (SSSR count). The number of likely N-dealkylation sites (tertiary alicyclic amines) is 1. The quantitative estimate of drug-likeness (QED) is 0.814. The Morgan fingerprint density at radius 3 is 2.33 bits per heavy atom. The van der Waals surface area contributed by atoms with Crippen molar-refractivity contribution in [3.05, 3.63) is 29.3 Å². The second kappa shape index (κ2) is 4.67. The van der Waals surface area contributed by atoms with Crippen LogP contribution in [-0.2, 0) is 0 Å². The van der Waals surface area contributed by atoms with Crippen LogP contribution in [0.25, 0.3) is 0 Å². The highest BCUT2D eigenvalue weighted by atomic mass is 15.2. The molecule has 0 saturated carbocycles. The van der Waals surface area contributed by atoms with E-state index < -0.39 is 0 Å². The van der Waals surface area contributed by atoms with E-state index in [0.29, 0.717) is 0 Å². The fraction of sp³-hybridized carbons (Fsp3) is 0.538. The van der Waals surface area contributed by atoms with Crippen molar-refractivity contribution >= 4 is 5.69 Å². The normalized spacial score (nSPS) is 16.9. The molecular weight excluding hydrogens is 184 g/mol. The Morgan fingerprint density at radius 1 is 1.13 bits per heavy atom. The molecule has 0 aromatic heterocycles. The number of rotatable bonds is 3. The maximum Gasteiger partial charge on any atom is 0.0678 e. The lowest BCUT2D eigenvalue weighted by Crippen LogP contribution is -2.26. The first-order chi connectivity index (χ1) is 7.27. The molecule has 1 aromatic rings. The van der Waals surface area contributed by atoms with Gasteiger partial charge in [0.15, 0.2) is 0 Å². The molecule has 82 valence electrons. The average molecular weight is 204 g/mol. The molecule has 2 nitrogen and oxygen atoms in total. The summed E-state index contributed by atoms with van der Waals surface area (Å²) < 4.78 is 0. The number of hydrogen-bond donors (Lipinski definition) is 1. The van der Waals surface area contributed by atoms with Crippen LogP contribution < -0.4 is 5.32 Å². The largest absolute Gasteiger partial charge is 0.372 e. The molecule has 1 fully saturated rings. The van der Waals surface area contributed by atoms with Crippen LogP contribution in [0.15, 0.2) is 18.2 Å². The van der Waals surface area contributed by atoms with Crippen LogP contribution in [0.1, 0.15) is 24.0 Å². The molecule has 0 spiro atoms. The van der Waals surface area contributed by atoms with Gasteiger partial charge in [0.25, 0.3) is 0 Å². The number of aryl methyl sites for hydroxylation is 2. The first-order valence-corrected chi connectivity index (χ1v) is 5.80. The number of hydrogen-bond acceptors (Lipinski definition) is 2. The maximum absolute atomic E-state index is 3.55. The van der Waals surface area contributed by atoms with Crippen LogP contribution in [-0.4, -0.2) is 24.7 Å². The number of nitrogens with one attached hydrogen (secondary N) is 1. The van der Waals surface area contributed by atoms with Gasteiger partial charge in [0.2, 0.25) is 0 Å². The minimum atomic E-state index is 0.992. The van der Waals surface area contributed by atoms with Crippen molar-refractivity contribution < 1.29 is 0 Å². The van der Waals surface area contributed by atoms with Crippen molar-refractivity contribution in [2.45, 2.75) is 26.7 Å². The van der Waals surface area contributed by atoms with E-state index in [9.17, 15) is 0 Å². The number of benzene rings is 1. The molecule has 1 N–H and O–H groups in total. The number of para-hydroxylation sites is 1. The SMILES string of the molecule is Cc1cccc(C)c1NCN1CCCC1. The Labute approximate surface area is 92.3 Å². The number of nitrogens with zero attached hydrogens (tertiary/aromatic N) is 1. The van der Waals surface area contributed by atoms with Gasteiger partial charge in [-0.2, -0.15) is 0 Å². The van der Waals surface area contributed by atoms with Gasteiger partial charge < -0.3 is 5.32 Å². The molecule has 1 aromatic carbocycles. The Kier molecular flexibility index (Phi) is 3.27. The summed E-state index contributed by atoms with van der Waals surface area (Å²) in [5, 5.41) is 3.55. The lowest BCUT2D eigenvalue weighted by atomic mass is 10.1. The predicted molar refractivity (Wildman–Crippen MR) is 65.2 cm³/mol. The summed E-state index contributed by atoms with van der Waals surface area (Å²) in [4.78, 5) is 2.48. The van der Waals surface area contributed by atoms with Crippen LogP contribution >= 0.6 is 0 Å². The molecule has 0 atom stereocenters. The third-order valence-corrected chi connectivity index (χ3v) is 3.16. The highest BCUT2D eigenvalue weighted by molar-refractivity contribution is 5.56. The van der Waals surface area contributed by atoms with E-state index in [1.807, 2.05) is 0 Å². The van der Waals surface area contributed by atoms with Crippen molar-refractivity contribution in [3.63, 3.8) is 0 Å². The van der Waals surface area contributed by atoms with E-state index in [4.69, 9.17) is 0 Å². The van der Waals surface area contributed by atoms with Gasteiger partial charge >= 0.3 is 0 Å². The zero-order chi connectivity index (χ0) is 10.7. The smallest absolute Gasteiger partial charge is 0.0678 e. The first kappa shape index (κ1) is 10.5. The third kappa shape index (κ3) is 2.51. The monoisotopic (exact) mass is 204 g/mol. The van der Waals surface area contributed by atoms with Gasteiger partial charge in [-0.05, 0) is 50.9 Å². The molecule has 0 radical (unpaired) electrons.